The smallest absolute Gasteiger partial charge is 0.272 e. The number of rotatable bonds is 1. The Kier molecular flexibility index (Phi) is 3.93. The van der Waals surface area contributed by atoms with Crippen molar-refractivity contribution in [1.82, 2.24) is 20.5 Å². The standard InChI is InChI=1S/C17H20Br2ClN9O2/c18-6-5-7(24-11(6)19)12(30)29-2-4-3(1-21)9(20)16(13(31)26-15(23)27-16)8(4)17(29)10(5)25-14(22)28-17/h3-4,8-10,13,24,31H,1-2,21H2,(H3,22,25,28)(H3,23,26,27)/t3-,4+,8?,9-,10+,13+,16+,17-/m0/s1. The maximum atomic E-state index is 13.7. The van der Waals surface area contributed by atoms with Crippen molar-refractivity contribution in [2.45, 2.75) is 28.8 Å². The van der Waals surface area contributed by atoms with Gasteiger partial charge < -0.3 is 42.8 Å². The number of alkyl halides is 1. The molecule has 0 aromatic carbocycles. The number of H-pyrrole nitrogens is 1. The molecule has 0 bridgehead atoms. The minimum Gasteiger partial charge on any atom is -0.370 e. The number of hydrogen-bond donors (Lipinski definition) is 7. The number of halogens is 3. The van der Waals surface area contributed by atoms with E-state index in [1.807, 2.05) is 0 Å². The van der Waals surface area contributed by atoms with Gasteiger partial charge in [-0.1, -0.05) is 0 Å². The minimum absolute atomic E-state index is 0.0984. The first kappa shape index (κ1) is 20.1. The number of aliphatic hydroxyl groups is 1. The minimum atomic E-state index is -1.21. The molecule has 10 N–H and O–H groups in total. The summed E-state index contributed by atoms with van der Waals surface area (Å²) in [5.41, 5.74) is 17.3. The van der Waals surface area contributed by atoms with Crippen molar-refractivity contribution in [1.29, 1.82) is 0 Å². The first-order valence-electron chi connectivity index (χ1n) is 9.82. The molecule has 6 rings (SSSR count). The van der Waals surface area contributed by atoms with E-state index in [2.05, 4.69) is 52.5 Å². The maximum Gasteiger partial charge on any atom is 0.272 e. The largest absolute Gasteiger partial charge is 0.370 e. The highest BCUT2D eigenvalue weighted by Crippen LogP contribution is 2.65. The van der Waals surface area contributed by atoms with E-state index in [-0.39, 0.29) is 36.2 Å². The normalized spacial score (nSPS) is 44.4. The van der Waals surface area contributed by atoms with Crippen LogP contribution in [0, 0.1) is 17.8 Å². The van der Waals surface area contributed by atoms with Crippen molar-refractivity contribution in [2.24, 2.45) is 44.9 Å². The van der Waals surface area contributed by atoms with Crippen molar-refractivity contribution in [3.05, 3.63) is 20.3 Å². The Balaban J connectivity index is 1.62. The van der Waals surface area contributed by atoms with E-state index in [1.165, 1.54) is 0 Å². The van der Waals surface area contributed by atoms with Crippen LogP contribution >= 0.6 is 43.5 Å². The number of carbonyl (C=O) groups excluding carboxylic acids is 1. The van der Waals surface area contributed by atoms with Gasteiger partial charge in [0.15, 0.2) is 18.1 Å². The number of fused-ring (bicyclic) bond motifs is 4. The monoisotopic (exact) mass is 575 g/mol. The lowest BCUT2D eigenvalue weighted by molar-refractivity contribution is -0.0124. The summed E-state index contributed by atoms with van der Waals surface area (Å²) >= 11 is 14.0. The number of aliphatic hydroxyl groups excluding tert-OH is 1. The molecule has 1 amide bonds. The van der Waals surface area contributed by atoms with Crippen LogP contribution in [0.5, 0.6) is 0 Å². The molecule has 31 heavy (non-hydrogen) atoms. The van der Waals surface area contributed by atoms with Gasteiger partial charge in [-0.15, -0.1) is 11.6 Å². The Morgan fingerprint density at radius 1 is 1.26 bits per heavy atom. The quantitative estimate of drug-likeness (QED) is 0.210. The molecule has 1 aromatic rings. The maximum absolute atomic E-state index is 13.7. The van der Waals surface area contributed by atoms with Gasteiger partial charge in [0.05, 0.1) is 14.5 Å². The summed E-state index contributed by atoms with van der Waals surface area (Å²) in [5, 5.41) is 17.0. The van der Waals surface area contributed by atoms with E-state index in [0.29, 0.717) is 26.9 Å². The van der Waals surface area contributed by atoms with Gasteiger partial charge in [0.1, 0.15) is 22.9 Å². The number of guanidine groups is 2. The number of aromatic nitrogens is 1. The molecule has 2 fully saturated rings. The zero-order valence-corrected chi connectivity index (χ0v) is 19.9. The second kappa shape index (κ2) is 6.07. The van der Waals surface area contributed by atoms with E-state index >= 15 is 0 Å². The number of hydrogen-bond acceptors (Lipinski definition) is 9. The lowest BCUT2D eigenvalue weighted by atomic mass is 9.70. The Labute approximate surface area is 198 Å². The van der Waals surface area contributed by atoms with Gasteiger partial charge in [-0.25, -0.2) is 9.98 Å². The lowest BCUT2D eigenvalue weighted by Gasteiger charge is -2.51. The summed E-state index contributed by atoms with van der Waals surface area (Å²) < 4.78 is 1.34. The molecule has 2 spiro atoms. The topological polar surface area (TPSA) is 183 Å². The van der Waals surface area contributed by atoms with Gasteiger partial charge in [0, 0.05) is 18.0 Å². The summed E-state index contributed by atoms with van der Waals surface area (Å²) in [4.78, 5) is 27.4. The van der Waals surface area contributed by atoms with Crippen LogP contribution in [-0.2, 0) is 0 Å². The second-order valence-corrected chi connectivity index (χ2v) is 10.8. The SMILES string of the molecule is NC[C@H]1[C@H]2CN3C(=O)c4[nH]c(Br)c(Br)c4[C@H]4N=C(N)N[C@]43C2[C@@]2(NC(N)=N[C@@H]2O)[C@H]1Cl. The van der Waals surface area contributed by atoms with Gasteiger partial charge >= 0.3 is 0 Å². The number of nitrogens with one attached hydrogen (secondary N) is 3. The molecule has 1 aliphatic carbocycles. The Hall–Kier alpha value is -1.54. The first-order valence-corrected chi connectivity index (χ1v) is 11.8. The molecular formula is C17H20Br2ClN9O2. The molecule has 1 aromatic heterocycles. The molecular weight excluding hydrogens is 558 g/mol. The van der Waals surface area contributed by atoms with E-state index in [0.717, 1.165) is 0 Å². The summed E-state index contributed by atoms with van der Waals surface area (Å²) in [6.07, 6.45) is -1.21. The van der Waals surface area contributed by atoms with Crippen molar-refractivity contribution in [3.8, 4) is 0 Å². The molecule has 8 atom stereocenters. The molecule has 1 saturated heterocycles. The van der Waals surface area contributed by atoms with Crippen LogP contribution in [0.1, 0.15) is 22.1 Å². The van der Waals surface area contributed by atoms with Crippen LogP contribution in [0.3, 0.4) is 0 Å². The average molecular weight is 578 g/mol. The molecule has 4 aliphatic heterocycles. The number of amides is 1. The first-order chi connectivity index (χ1) is 14.7. The Morgan fingerprint density at radius 3 is 2.61 bits per heavy atom. The van der Waals surface area contributed by atoms with Crippen molar-refractivity contribution in [3.63, 3.8) is 0 Å². The van der Waals surface area contributed by atoms with Crippen molar-refractivity contribution in [2.75, 3.05) is 13.1 Å². The third kappa shape index (κ3) is 2.06. The second-order valence-electron chi connectivity index (χ2n) is 8.71. The van der Waals surface area contributed by atoms with Gasteiger partial charge in [-0.05, 0) is 50.2 Å². The third-order valence-corrected chi connectivity index (χ3v) is 10.3. The predicted octanol–water partition coefficient (Wildman–Crippen LogP) is -0.932. The van der Waals surface area contributed by atoms with E-state index in [1.54, 1.807) is 4.90 Å². The van der Waals surface area contributed by atoms with Crippen LogP contribution in [0.15, 0.2) is 19.1 Å². The number of nitrogens with two attached hydrogens (primary N) is 3. The van der Waals surface area contributed by atoms with Gasteiger partial charge in [-0.2, -0.15) is 0 Å². The zero-order valence-electron chi connectivity index (χ0n) is 15.9. The fourth-order valence-corrected chi connectivity index (χ4v) is 8.19. The van der Waals surface area contributed by atoms with Crippen LogP contribution in [0.2, 0.25) is 0 Å². The number of carbonyl (C=O) groups is 1. The number of aliphatic imine (C=N–C) groups is 2. The zero-order chi connectivity index (χ0) is 22.0. The highest BCUT2D eigenvalue weighted by atomic mass is 79.9. The average Bonchev–Trinajstić information content (AvgIpc) is 3.43. The highest BCUT2D eigenvalue weighted by Gasteiger charge is 2.79. The Bertz CT molecular complexity index is 1090. The van der Waals surface area contributed by atoms with E-state index < -0.39 is 34.8 Å². The molecule has 5 aliphatic rings. The molecule has 0 radical (unpaired) electrons. The molecule has 1 unspecified atom stereocenters. The molecule has 11 nitrogen and oxygen atoms in total. The molecule has 1 saturated carbocycles. The summed E-state index contributed by atoms with van der Waals surface area (Å²) in [6, 6.07) is -0.541. The summed E-state index contributed by atoms with van der Waals surface area (Å²) in [5.74, 6) is -0.644. The van der Waals surface area contributed by atoms with Crippen molar-refractivity contribution >= 4 is 61.3 Å². The predicted molar refractivity (Wildman–Crippen MR) is 120 cm³/mol. The Morgan fingerprint density at radius 2 is 1.97 bits per heavy atom. The van der Waals surface area contributed by atoms with Crippen LogP contribution in [0.25, 0.3) is 0 Å². The fraction of sp³-hybridized carbons (Fsp3) is 0.588. The van der Waals surface area contributed by atoms with E-state index in [4.69, 9.17) is 33.8 Å². The van der Waals surface area contributed by atoms with Crippen LogP contribution < -0.4 is 27.8 Å². The van der Waals surface area contributed by atoms with Crippen molar-refractivity contribution < 1.29 is 9.90 Å². The van der Waals surface area contributed by atoms with Gasteiger partial charge in [0.2, 0.25) is 0 Å². The highest BCUT2D eigenvalue weighted by molar-refractivity contribution is 9.13. The molecule has 14 heteroatoms. The third-order valence-electron chi connectivity index (χ3n) is 7.62. The van der Waals surface area contributed by atoms with Crippen LogP contribution in [0.4, 0.5) is 0 Å². The van der Waals surface area contributed by atoms with Gasteiger partial charge in [0.25, 0.3) is 5.91 Å². The molecule has 166 valence electrons. The summed E-state index contributed by atoms with van der Waals surface area (Å²) in [6.45, 7) is 0.662. The lowest BCUT2D eigenvalue weighted by Crippen LogP contribution is -2.73. The number of aromatic amines is 1. The van der Waals surface area contributed by atoms with E-state index in [9.17, 15) is 9.90 Å². The van der Waals surface area contributed by atoms with Gasteiger partial charge in [-0.3, -0.25) is 4.79 Å². The van der Waals surface area contributed by atoms with Crippen LogP contribution in [-0.4, -0.2) is 68.7 Å². The number of nitrogens with zero attached hydrogens (tertiary/aromatic N) is 3. The molecule has 5 heterocycles. The summed E-state index contributed by atoms with van der Waals surface area (Å²) in [7, 11) is 0. The fourth-order valence-electron chi connectivity index (χ4n) is 6.67.